The van der Waals surface area contributed by atoms with Gasteiger partial charge in [-0.3, -0.25) is 5.10 Å². The zero-order chi connectivity index (χ0) is 26.3. The summed E-state index contributed by atoms with van der Waals surface area (Å²) in [7, 11) is 0. The molecule has 0 spiro atoms. The van der Waals surface area contributed by atoms with Crippen LogP contribution in [0.15, 0.2) is 30.3 Å². The number of aromatic nitrogens is 4. The highest BCUT2D eigenvalue weighted by Gasteiger charge is 2.27. The lowest BCUT2D eigenvalue weighted by atomic mass is 9.98. The minimum Gasteiger partial charge on any atom is -0.474 e. The molecule has 0 aliphatic carbocycles. The molecule has 1 atom stereocenters. The molecule has 1 aliphatic heterocycles. The monoisotopic (exact) mass is 501 g/mol. The van der Waals surface area contributed by atoms with E-state index in [1.165, 1.54) is 16.8 Å². The molecule has 8 heteroatoms. The second-order valence-electron chi connectivity index (χ2n) is 10.3. The number of nitrogens with zero attached hydrogens (tertiary/aromatic N) is 4. The summed E-state index contributed by atoms with van der Waals surface area (Å²) in [4.78, 5) is 12.3. The number of rotatable bonds is 7. The Morgan fingerprint density at radius 2 is 1.86 bits per heavy atom. The summed E-state index contributed by atoms with van der Waals surface area (Å²) in [6, 6.07) is 10.7. The van der Waals surface area contributed by atoms with Crippen molar-refractivity contribution >= 4 is 16.6 Å². The standard InChI is InChI=1S/C29H35N5O3/c1-16(2)20-8-6-17(3)25(12-20)34-11-10-23-22(13-34)29(37-15-21(36)14-35)31-28(30-23)26-18(4)7-9-24-27(26)19(5)32-33-24/h6-9,12,16,21,35-36H,10-11,13-15H2,1-5H3,(H,32,33). The predicted octanol–water partition coefficient (Wildman–Crippen LogP) is 4.36. The third-order valence-corrected chi connectivity index (χ3v) is 7.23. The summed E-state index contributed by atoms with van der Waals surface area (Å²) in [6.07, 6.45) is -0.242. The van der Waals surface area contributed by atoms with Gasteiger partial charge in [0.05, 0.1) is 35.6 Å². The molecule has 3 N–H and O–H groups in total. The second-order valence-corrected chi connectivity index (χ2v) is 10.3. The Hall–Kier alpha value is -3.49. The summed E-state index contributed by atoms with van der Waals surface area (Å²) in [6.45, 7) is 11.6. The summed E-state index contributed by atoms with van der Waals surface area (Å²) in [5, 5.41) is 27.8. The highest BCUT2D eigenvalue weighted by Crippen LogP contribution is 2.36. The molecule has 3 heterocycles. The highest BCUT2D eigenvalue weighted by molar-refractivity contribution is 5.96. The van der Waals surface area contributed by atoms with Gasteiger partial charge in [-0.25, -0.2) is 4.98 Å². The number of fused-ring (bicyclic) bond motifs is 2. The van der Waals surface area contributed by atoms with Crippen molar-refractivity contribution in [3.63, 3.8) is 0 Å². The average molecular weight is 502 g/mol. The Labute approximate surface area is 217 Å². The van der Waals surface area contributed by atoms with Crippen molar-refractivity contribution in [2.24, 2.45) is 0 Å². The maximum atomic E-state index is 10.0. The van der Waals surface area contributed by atoms with Crippen molar-refractivity contribution in [2.75, 3.05) is 24.7 Å². The normalized spacial score (nSPS) is 14.3. The summed E-state index contributed by atoms with van der Waals surface area (Å²) in [5.41, 5.74) is 9.41. The van der Waals surface area contributed by atoms with Crippen molar-refractivity contribution in [1.82, 2.24) is 20.2 Å². The minimum absolute atomic E-state index is 0.0465. The highest BCUT2D eigenvalue weighted by atomic mass is 16.5. The Morgan fingerprint density at radius 3 is 2.62 bits per heavy atom. The molecule has 0 amide bonds. The summed E-state index contributed by atoms with van der Waals surface area (Å²) < 4.78 is 6.05. The van der Waals surface area contributed by atoms with Crippen LogP contribution in [0.25, 0.3) is 22.3 Å². The maximum absolute atomic E-state index is 10.0. The first kappa shape index (κ1) is 25.2. The van der Waals surface area contributed by atoms with E-state index in [0.29, 0.717) is 24.2 Å². The molecule has 8 nitrogen and oxygen atoms in total. The Morgan fingerprint density at radius 1 is 1.08 bits per heavy atom. The van der Waals surface area contributed by atoms with Crippen LogP contribution in [0.3, 0.4) is 0 Å². The third kappa shape index (κ3) is 4.79. The first-order valence-electron chi connectivity index (χ1n) is 12.9. The molecule has 0 saturated carbocycles. The van der Waals surface area contributed by atoms with Gasteiger partial charge in [0.2, 0.25) is 5.88 Å². The van der Waals surface area contributed by atoms with E-state index >= 15 is 0 Å². The van der Waals surface area contributed by atoms with Crippen LogP contribution in [0.1, 0.15) is 53.4 Å². The quantitative estimate of drug-likeness (QED) is 0.345. The second kappa shape index (κ2) is 10.1. The maximum Gasteiger partial charge on any atom is 0.222 e. The Bertz CT molecular complexity index is 1450. The molecule has 0 saturated heterocycles. The average Bonchev–Trinajstić information content (AvgIpc) is 3.27. The van der Waals surface area contributed by atoms with Crippen LogP contribution in [0, 0.1) is 20.8 Å². The van der Waals surface area contributed by atoms with Gasteiger partial charge in [-0.2, -0.15) is 10.1 Å². The molecule has 0 radical (unpaired) electrons. The fraction of sp³-hybridized carbons (Fsp3) is 0.414. The van der Waals surface area contributed by atoms with E-state index in [1.807, 2.05) is 26.0 Å². The topological polar surface area (TPSA) is 107 Å². The number of aromatic amines is 1. The lowest BCUT2D eigenvalue weighted by Crippen LogP contribution is -2.33. The summed E-state index contributed by atoms with van der Waals surface area (Å²) >= 11 is 0. The van der Waals surface area contributed by atoms with Crippen molar-refractivity contribution < 1.29 is 14.9 Å². The van der Waals surface area contributed by atoms with Crippen LogP contribution >= 0.6 is 0 Å². The van der Waals surface area contributed by atoms with E-state index in [4.69, 9.17) is 14.7 Å². The van der Waals surface area contributed by atoms with E-state index in [2.05, 4.69) is 54.1 Å². The fourth-order valence-corrected chi connectivity index (χ4v) is 5.04. The van der Waals surface area contributed by atoms with Crippen LogP contribution in [0.2, 0.25) is 0 Å². The molecular formula is C29H35N5O3. The molecular weight excluding hydrogens is 466 g/mol. The van der Waals surface area contributed by atoms with Gasteiger partial charge in [0.25, 0.3) is 0 Å². The minimum atomic E-state index is -0.986. The van der Waals surface area contributed by atoms with Crippen LogP contribution in [0.4, 0.5) is 5.69 Å². The number of ether oxygens (including phenoxy) is 1. The number of nitrogens with one attached hydrogen (secondary N) is 1. The smallest absolute Gasteiger partial charge is 0.222 e. The molecule has 2 aromatic heterocycles. The van der Waals surface area contributed by atoms with Gasteiger partial charge in [0.1, 0.15) is 12.7 Å². The van der Waals surface area contributed by atoms with Crippen molar-refractivity contribution in [1.29, 1.82) is 0 Å². The third-order valence-electron chi connectivity index (χ3n) is 7.23. The summed E-state index contributed by atoms with van der Waals surface area (Å²) in [5.74, 6) is 1.48. The van der Waals surface area contributed by atoms with Gasteiger partial charge in [0, 0.05) is 29.6 Å². The van der Waals surface area contributed by atoms with Gasteiger partial charge >= 0.3 is 0 Å². The Kier molecular flexibility index (Phi) is 6.88. The van der Waals surface area contributed by atoms with Gasteiger partial charge in [-0.15, -0.1) is 0 Å². The number of hydrogen-bond acceptors (Lipinski definition) is 7. The predicted molar refractivity (Wildman–Crippen MR) is 145 cm³/mol. The fourth-order valence-electron chi connectivity index (χ4n) is 5.04. The number of anilines is 1. The van der Waals surface area contributed by atoms with E-state index in [1.54, 1.807) is 0 Å². The van der Waals surface area contributed by atoms with Crippen LogP contribution in [-0.4, -0.2) is 56.2 Å². The van der Waals surface area contributed by atoms with Crippen molar-refractivity contribution in [3.05, 3.63) is 64.0 Å². The number of hydrogen-bond donors (Lipinski definition) is 3. The molecule has 1 aliphatic rings. The van der Waals surface area contributed by atoms with E-state index in [9.17, 15) is 10.2 Å². The molecule has 0 fully saturated rings. The van der Waals surface area contributed by atoms with Crippen molar-refractivity contribution in [2.45, 2.75) is 59.6 Å². The SMILES string of the molecule is Cc1ccc(C(C)C)cc1N1CCc2nc(-c3c(C)ccc4[nH]nc(C)c34)nc(OCC(O)CO)c2C1. The molecule has 194 valence electrons. The molecule has 0 bridgehead atoms. The lowest BCUT2D eigenvalue weighted by molar-refractivity contribution is 0.0517. The number of aliphatic hydroxyl groups excluding tert-OH is 2. The van der Waals surface area contributed by atoms with Gasteiger partial charge < -0.3 is 19.8 Å². The molecule has 1 unspecified atom stereocenters. The van der Waals surface area contributed by atoms with Gasteiger partial charge in [-0.1, -0.05) is 32.0 Å². The van der Waals surface area contributed by atoms with Gasteiger partial charge in [0.15, 0.2) is 5.82 Å². The van der Waals surface area contributed by atoms with Crippen LogP contribution in [-0.2, 0) is 13.0 Å². The van der Waals surface area contributed by atoms with Crippen LogP contribution in [0.5, 0.6) is 5.88 Å². The molecule has 4 aromatic rings. The van der Waals surface area contributed by atoms with E-state index in [-0.39, 0.29) is 13.2 Å². The largest absolute Gasteiger partial charge is 0.474 e. The first-order valence-corrected chi connectivity index (χ1v) is 12.9. The van der Waals surface area contributed by atoms with Crippen LogP contribution < -0.4 is 9.64 Å². The molecule has 37 heavy (non-hydrogen) atoms. The zero-order valence-electron chi connectivity index (χ0n) is 22.2. The van der Waals surface area contributed by atoms with Crippen molar-refractivity contribution in [3.8, 4) is 17.3 Å². The van der Waals surface area contributed by atoms with E-state index < -0.39 is 6.10 Å². The van der Waals surface area contributed by atoms with E-state index in [0.717, 1.165) is 51.9 Å². The molecule has 2 aromatic carbocycles. The number of aliphatic hydroxyl groups is 2. The molecule has 5 rings (SSSR count). The number of benzene rings is 2. The first-order chi connectivity index (χ1) is 17.8. The zero-order valence-corrected chi connectivity index (χ0v) is 22.2. The van der Waals surface area contributed by atoms with Gasteiger partial charge in [-0.05, 0) is 55.5 Å². The Balaban J connectivity index is 1.60. The number of aryl methyl sites for hydroxylation is 3. The lowest BCUT2D eigenvalue weighted by Gasteiger charge is -2.33. The number of H-pyrrole nitrogens is 1.